The van der Waals surface area contributed by atoms with Crippen LogP contribution in [0.15, 0.2) is 24.3 Å². The smallest absolute Gasteiger partial charge is 0.335 e. The van der Waals surface area contributed by atoms with Crippen molar-refractivity contribution in [2.45, 2.75) is 76.7 Å². The first-order chi connectivity index (χ1) is 14.9. The molecule has 1 unspecified atom stereocenters. The number of aromatic carboxylic acids is 1. The summed E-state index contributed by atoms with van der Waals surface area (Å²) in [5.74, 6) is -1.67. The number of aldehydes is 1. The molecule has 0 saturated carbocycles. The van der Waals surface area contributed by atoms with Crippen LogP contribution in [0.25, 0.3) is 0 Å². The van der Waals surface area contributed by atoms with Crippen molar-refractivity contribution in [1.29, 1.82) is 0 Å². The van der Waals surface area contributed by atoms with Crippen LogP contribution in [0.5, 0.6) is 5.75 Å². The monoisotopic (exact) mass is 435 g/mol. The Morgan fingerprint density at radius 2 is 1.48 bits per heavy atom. The number of rotatable bonds is 18. The SMILES string of the molecule is O=CCCC(NC(=O)CCCCCCCCCCOc1ccc(C(=O)O)cc1)C(=O)O. The zero-order valence-corrected chi connectivity index (χ0v) is 17.9. The quantitative estimate of drug-likeness (QED) is 0.236. The highest BCUT2D eigenvalue weighted by atomic mass is 16.5. The molecule has 0 aliphatic carbocycles. The van der Waals surface area contributed by atoms with E-state index in [-0.39, 0.29) is 24.3 Å². The molecule has 1 aromatic carbocycles. The second kappa shape index (κ2) is 15.9. The molecule has 0 spiro atoms. The number of carbonyl (C=O) groups is 4. The van der Waals surface area contributed by atoms with E-state index in [0.29, 0.717) is 25.1 Å². The van der Waals surface area contributed by atoms with Crippen LogP contribution in [-0.4, -0.2) is 47.0 Å². The molecule has 1 aromatic rings. The topological polar surface area (TPSA) is 130 Å². The number of unbranched alkanes of at least 4 members (excludes halogenated alkanes) is 7. The van der Waals surface area contributed by atoms with Crippen molar-refractivity contribution in [1.82, 2.24) is 5.32 Å². The van der Waals surface area contributed by atoms with Gasteiger partial charge in [-0.3, -0.25) is 4.79 Å². The molecular formula is C23H33NO7. The molecule has 1 rings (SSSR count). The van der Waals surface area contributed by atoms with Gasteiger partial charge in [0.2, 0.25) is 5.91 Å². The van der Waals surface area contributed by atoms with Crippen LogP contribution in [-0.2, 0) is 14.4 Å². The van der Waals surface area contributed by atoms with Crippen LogP contribution < -0.4 is 10.1 Å². The molecule has 172 valence electrons. The zero-order chi connectivity index (χ0) is 22.9. The lowest BCUT2D eigenvalue weighted by atomic mass is 10.1. The molecule has 0 heterocycles. The summed E-state index contributed by atoms with van der Waals surface area (Å²) in [7, 11) is 0. The molecule has 1 atom stereocenters. The van der Waals surface area contributed by atoms with Crippen molar-refractivity contribution in [3.63, 3.8) is 0 Å². The molecule has 31 heavy (non-hydrogen) atoms. The van der Waals surface area contributed by atoms with Crippen LogP contribution in [0, 0.1) is 0 Å². The fourth-order valence-corrected chi connectivity index (χ4v) is 3.09. The molecule has 0 bridgehead atoms. The third-order valence-corrected chi connectivity index (χ3v) is 4.87. The Bertz CT molecular complexity index is 688. The highest BCUT2D eigenvalue weighted by Gasteiger charge is 2.18. The lowest BCUT2D eigenvalue weighted by molar-refractivity contribution is -0.142. The normalized spacial score (nSPS) is 11.5. The Kier molecular flexibility index (Phi) is 13.4. The summed E-state index contributed by atoms with van der Waals surface area (Å²) in [4.78, 5) is 44.0. The van der Waals surface area contributed by atoms with Crippen LogP contribution in [0.2, 0.25) is 0 Å². The molecule has 0 radical (unpaired) electrons. The van der Waals surface area contributed by atoms with Crippen molar-refractivity contribution in [2.75, 3.05) is 6.61 Å². The first-order valence-electron chi connectivity index (χ1n) is 10.9. The fraction of sp³-hybridized carbons (Fsp3) is 0.565. The van der Waals surface area contributed by atoms with E-state index in [0.717, 1.165) is 51.4 Å². The number of carboxylic acid groups (broad SMARTS) is 2. The third kappa shape index (κ3) is 12.4. The first kappa shape index (κ1) is 26.1. The number of benzene rings is 1. The Morgan fingerprint density at radius 1 is 0.903 bits per heavy atom. The molecule has 8 nitrogen and oxygen atoms in total. The van der Waals surface area contributed by atoms with Gasteiger partial charge in [-0.15, -0.1) is 0 Å². The molecule has 0 fully saturated rings. The molecule has 3 N–H and O–H groups in total. The molecular weight excluding hydrogens is 402 g/mol. The Labute approximate surface area is 183 Å². The Balaban J connectivity index is 1.97. The van der Waals surface area contributed by atoms with Gasteiger partial charge in [-0.1, -0.05) is 38.5 Å². The Hall–Kier alpha value is -2.90. The third-order valence-electron chi connectivity index (χ3n) is 4.87. The number of hydrogen-bond acceptors (Lipinski definition) is 5. The van der Waals surface area contributed by atoms with E-state index in [1.165, 1.54) is 12.1 Å². The number of hydrogen-bond donors (Lipinski definition) is 3. The number of aliphatic carboxylic acids is 1. The van der Waals surface area contributed by atoms with E-state index in [1.807, 2.05) is 0 Å². The summed E-state index contributed by atoms with van der Waals surface area (Å²) < 4.78 is 5.60. The van der Waals surface area contributed by atoms with Crippen LogP contribution >= 0.6 is 0 Å². The maximum absolute atomic E-state index is 11.8. The second-order valence-corrected chi connectivity index (χ2v) is 7.46. The molecule has 8 heteroatoms. The molecule has 0 aliphatic heterocycles. The molecule has 0 saturated heterocycles. The average molecular weight is 436 g/mol. The number of nitrogens with one attached hydrogen (secondary N) is 1. The predicted octanol–water partition coefficient (Wildman–Crippen LogP) is 3.82. The summed E-state index contributed by atoms with van der Waals surface area (Å²) in [5, 5.41) is 20.3. The largest absolute Gasteiger partial charge is 0.494 e. The van der Waals surface area contributed by atoms with E-state index in [9.17, 15) is 19.2 Å². The van der Waals surface area contributed by atoms with Crippen LogP contribution in [0.3, 0.4) is 0 Å². The summed E-state index contributed by atoms with van der Waals surface area (Å²) in [6.45, 7) is 0.603. The van der Waals surface area contributed by atoms with E-state index >= 15 is 0 Å². The van der Waals surface area contributed by atoms with E-state index in [2.05, 4.69) is 5.32 Å². The van der Waals surface area contributed by atoms with Crippen molar-refractivity contribution < 1.29 is 34.1 Å². The fourth-order valence-electron chi connectivity index (χ4n) is 3.09. The number of carboxylic acids is 2. The first-order valence-corrected chi connectivity index (χ1v) is 10.9. The predicted molar refractivity (Wildman–Crippen MR) is 115 cm³/mol. The van der Waals surface area contributed by atoms with Gasteiger partial charge >= 0.3 is 11.9 Å². The summed E-state index contributed by atoms with van der Waals surface area (Å²) >= 11 is 0. The van der Waals surface area contributed by atoms with Gasteiger partial charge < -0.3 is 25.1 Å². The van der Waals surface area contributed by atoms with Gasteiger partial charge in [0, 0.05) is 12.8 Å². The van der Waals surface area contributed by atoms with Crippen LogP contribution in [0.1, 0.15) is 81.0 Å². The van der Waals surface area contributed by atoms with Gasteiger partial charge in [0.25, 0.3) is 0 Å². The van der Waals surface area contributed by atoms with Gasteiger partial charge in [0.15, 0.2) is 0 Å². The van der Waals surface area contributed by atoms with Gasteiger partial charge in [0.05, 0.1) is 12.2 Å². The van der Waals surface area contributed by atoms with Crippen molar-refractivity contribution in [2.24, 2.45) is 0 Å². The van der Waals surface area contributed by atoms with E-state index < -0.39 is 18.0 Å². The zero-order valence-electron chi connectivity index (χ0n) is 17.9. The minimum absolute atomic E-state index is 0.114. The minimum Gasteiger partial charge on any atom is -0.494 e. The van der Waals surface area contributed by atoms with E-state index in [4.69, 9.17) is 14.9 Å². The summed E-state index contributed by atoms with van der Waals surface area (Å²) in [6, 6.07) is 5.39. The molecule has 1 amide bonds. The van der Waals surface area contributed by atoms with Crippen molar-refractivity contribution >= 4 is 24.1 Å². The highest BCUT2D eigenvalue weighted by Crippen LogP contribution is 2.14. The second-order valence-electron chi connectivity index (χ2n) is 7.46. The van der Waals surface area contributed by atoms with Crippen molar-refractivity contribution in [3.05, 3.63) is 29.8 Å². The minimum atomic E-state index is -1.11. The molecule has 0 aliphatic rings. The van der Waals surface area contributed by atoms with Gasteiger partial charge in [-0.05, 0) is 43.5 Å². The highest BCUT2D eigenvalue weighted by molar-refractivity contribution is 5.87. The van der Waals surface area contributed by atoms with Crippen molar-refractivity contribution in [3.8, 4) is 5.75 Å². The van der Waals surface area contributed by atoms with Crippen LogP contribution in [0.4, 0.5) is 0 Å². The van der Waals surface area contributed by atoms with Gasteiger partial charge in [0.1, 0.15) is 18.1 Å². The van der Waals surface area contributed by atoms with Gasteiger partial charge in [-0.2, -0.15) is 0 Å². The lowest BCUT2D eigenvalue weighted by Gasteiger charge is -2.13. The van der Waals surface area contributed by atoms with Gasteiger partial charge in [-0.25, -0.2) is 9.59 Å². The maximum atomic E-state index is 11.8. The number of ether oxygens (including phenoxy) is 1. The summed E-state index contributed by atoms with van der Waals surface area (Å²) in [6.07, 6.45) is 9.19. The number of carbonyl (C=O) groups excluding carboxylic acids is 2. The van der Waals surface area contributed by atoms with E-state index in [1.54, 1.807) is 12.1 Å². The summed E-state index contributed by atoms with van der Waals surface area (Å²) in [5.41, 5.74) is 0.243. The molecule has 0 aromatic heterocycles. The standard InChI is InChI=1S/C23H33NO7/c25-16-9-10-20(23(29)30)24-21(26)11-7-5-3-1-2-4-6-8-17-31-19-14-12-18(13-15-19)22(27)28/h12-16,20H,1-11,17H2,(H,24,26)(H,27,28)(H,29,30). The maximum Gasteiger partial charge on any atom is 0.335 e. The average Bonchev–Trinajstić information content (AvgIpc) is 2.75. The lowest BCUT2D eigenvalue weighted by Crippen LogP contribution is -2.40. The Morgan fingerprint density at radius 3 is 2.03 bits per heavy atom. The number of amides is 1.